The fourth-order valence-electron chi connectivity index (χ4n) is 2.23. The van der Waals surface area contributed by atoms with Crippen molar-refractivity contribution in [1.29, 1.82) is 0 Å². The Morgan fingerprint density at radius 1 is 1.32 bits per heavy atom. The molecule has 1 aromatic carbocycles. The van der Waals surface area contributed by atoms with E-state index < -0.39 is 11.5 Å². The van der Waals surface area contributed by atoms with Crippen molar-refractivity contribution in [1.82, 2.24) is 9.55 Å². The van der Waals surface area contributed by atoms with Crippen LogP contribution in [-0.4, -0.2) is 20.6 Å². The van der Waals surface area contributed by atoms with E-state index in [9.17, 15) is 9.59 Å². The second-order valence-corrected chi connectivity index (χ2v) is 5.49. The maximum atomic E-state index is 12.4. The first-order valence-corrected chi connectivity index (χ1v) is 7.58. The van der Waals surface area contributed by atoms with E-state index in [0.717, 1.165) is 19.3 Å². The van der Waals surface area contributed by atoms with Crippen LogP contribution in [0, 0.1) is 4.77 Å². The van der Waals surface area contributed by atoms with E-state index in [2.05, 4.69) is 11.9 Å². The van der Waals surface area contributed by atoms with Crippen LogP contribution >= 0.6 is 12.2 Å². The molecule has 2 rings (SSSR count). The zero-order valence-electron chi connectivity index (χ0n) is 12.3. The van der Waals surface area contributed by atoms with Crippen LogP contribution in [0.5, 0.6) is 0 Å². The van der Waals surface area contributed by atoms with Gasteiger partial charge in [0, 0.05) is 11.8 Å². The summed E-state index contributed by atoms with van der Waals surface area (Å²) in [5.41, 5.74) is 1.62. The van der Waals surface area contributed by atoms with Crippen molar-refractivity contribution in [2.75, 3.05) is 0 Å². The number of aliphatic carboxylic acids is 1. The molecule has 0 amide bonds. The third-order valence-electron chi connectivity index (χ3n) is 3.41. The molecule has 0 aliphatic rings. The molecule has 0 spiro atoms. The Bertz CT molecular complexity index is 775. The van der Waals surface area contributed by atoms with Crippen LogP contribution < -0.4 is 5.56 Å². The van der Waals surface area contributed by atoms with Gasteiger partial charge in [0.15, 0.2) is 4.77 Å². The molecule has 0 aliphatic carbocycles. The Morgan fingerprint density at radius 2 is 2.00 bits per heavy atom. The summed E-state index contributed by atoms with van der Waals surface area (Å²) in [5, 5.41) is 8.85. The Morgan fingerprint density at radius 3 is 2.59 bits per heavy atom. The summed E-state index contributed by atoms with van der Waals surface area (Å²) >= 11 is 5.16. The number of carboxylic acids is 1. The van der Waals surface area contributed by atoms with Gasteiger partial charge in [-0.3, -0.25) is 14.2 Å². The summed E-state index contributed by atoms with van der Waals surface area (Å²) in [6.45, 7) is 2.14. The van der Waals surface area contributed by atoms with E-state index in [4.69, 9.17) is 17.3 Å². The van der Waals surface area contributed by atoms with Gasteiger partial charge in [-0.2, -0.15) is 0 Å². The Labute approximate surface area is 133 Å². The molecular formula is C16H18N2O3S. The molecule has 0 aliphatic heterocycles. The Kier molecular flexibility index (Phi) is 5.27. The van der Waals surface area contributed by atoms with Crippen LogP contribution in [0.25, 0.3) is 5.69 Å². The highest BCUT2D eigenvalue weighted by Crippen LogP contribution is 2.11. The Hall–Kier alpha value is -2.21. The van der Waals surface area contributed by atoms with Gasteiger partial charge in [-0.1, -0.05) is 25.5 Å². The molecular weight excluding hydrogens is 300 g/mol. The van der Waals surface area contributed by atoms with Gasteiger partial charge in [0.25, 0.3) is 5.56 Å². The maximum absolute atomic E-state index is 12.4. The highest BCUT2D eigenvalue weighted by Gasteiger charge is 2.10. The molecule has 1 aromatic heterocycles. The first-order chi connectivity index (χ1) is 10.5. The minimum Gasteiger partial charge on any atom is -0.481 e. The molecule has 0 atom stereocenters. The van der Waals surface area contributed by atoms with Crippen molar-refractivity contribution in [3.8, 4) is 5.69 Å². The first kappa shape index (κ1) is 16.2. The van der Waals surface area contributed by atoms with Gasteiger partial charge in [-0.15, -0.1) is 0 Å². The first-order valence-electron chi connectivity index (χ1n) is 7.17. The normalized spacial score (nSPS) is 10.6. The minimum absolute atomic E-state index is 0.177. The summed E-state index contributed by atoms with van der Waals surface area (Å²) in [4.78, 5) is 26.0. The number of unbranched alkanes of at least 4 members (excludes halogenated alkanes) is 1. The second kappa shape index (κ2) is 7.17. The quantitative estimate of drug-likeness (QED) is 0.803. The molecule has 2 N–H and O–H groups in total. The van der Waals surface area contributed by atoms with Crippen LogP contribution in [0.1, 0.15) is 30.9 Å². The minimum atomic E-state index is -1.05. The number of hydrogen-bond acceptors (Lipinski definition) is 3. The van der Waals surface area contributed by atoms with E-state index in [1.165, 1.54) is 16.3 Å². The molecule has 0 fully saturated rings. The van der Waals surface area contributed by atoms with E-state index >= 15 is 0 Å². The van der Waals surface area contributed by atoms with Crippen molar-refractivity contribution in [2.45, 2.75) is 32.6 Å². The summed E-state index contributed by atoms with van der Waals surface area (Å²) in [5.74, 6) is -1.05. The van der Waals surface area contributed by atoms with E-state index in [1.807, 2.05) is 24.3 Å². The summed E-state index contributed by atoms with van der Waals surface area (Å²) < 4.78 is 1.58. The molecule has 116 valence electrons. The van der Waals surface area contributed by atoms with E-state index in [-0.39, 0.29) is 16.8 Å². The van der Waals surface area contributed by atoms with Crippen molar-refractivity contribution in [2.24, 2.45) is 0 Å². The zero-order chi connectivity index (χ0) is 16.1. The molecule has 0 saturated heterocycles. The van der Waals surface area contributed by atoms with Crippen molar-refractivity contribution < 1.29 is 9.90 Å². The van der Waals surface area contributed by atoms with Gasteiger partial charge in [0.2, 0.25) is 0 Å². The molecule has 0 radical (unpaired) electrons. The smallest absolute Gasteiger partial charge is 0.308 e. The highest BCUT2D eigenvalue weighted by atomic mass is 32.1. The number of H-pyrrole nitrogens is 1. The predicted molar refractivity (Wildman–Crippen MR) is 87.2 cm³/mol. The molecule has 2 aromatic rings. The van der Waals surface area contributed by atoms with Crippen LogP contribution in [0.2, 0.25) is 0 Å². The third kappa shape index (κ3) is 3.71. The van der Waals surface area contributed by atoms with Crippen LogP contribution in [0.4, 0.5) is 0 Å². The zero-order valence-corrected chi connectivity index (χ0v) is 13.2. The number of aromatic amines is 1. The van der Waals surface area contributed by atoms with Crippen LogP contribution in [0.15, 0.2) is 35.3 Å². The number of nitrogens with one attached hydrogen (secondary N) is 1. The van der Waals surface area contributed by atoms with Crippen molar-refractivity contribution in [3.05, 3.63) is 56.7 Å². The molecule has 22 heavy (non-hydrogen) atoms. The number of aromatic nitrogens is 2. The number of benzene rings is 1. The number of aryl methyl sites for hydroxylation is 1. The molecule has 6 heteroatoms. The lowest BCUT2D eigenvalue weighted by atomic mass is 10.1. The fourth-order valence-corrected chi connectivity index (χ4v) is 2.47. The largest absolute Gasteiger partial charge is 0.481 e. The van der Waals surface area contributed by atoms with Crippen LogP contribution in [-0.2, 0) is 17.6 Å². The average Bonchev–Trinajstić information content (AvgIpc) is 2.49. The number of carboxylic acid groups (broad SMARTS) is 1. The second-order valence-electron chi connectivity index (χ2n) is 5.10. The van der Waals surface area contributed by atoms with Gasteiger partial charge in [0.05, 0.1) is 12.1 Å². The van der Waals surface area contributed by atoms with Crippen LogP contribution in [0.3, 0.4) is 0 Å². The standard InChI is InChI=1S/C16H18N2O3S/c1-2-3-4-11-5-7-13(8-6-11)18-15(21)12(9-14(19)20)10-17-16(18)22/h5-8,10H,2-4,9H2,1H3,(H,17,22)(H,19,20). The number of nitrogens with zero attached hydrogens (tertiary/aromatic N) is 1. The third-order valence-corrected chi connectivity index (χ3v) is 3.71. The predicted octanol–water partition coefficient (Wildman–Crippen LogP) is 2.86. The van der Waals surface area contributed by atoms with E-state index in [0.29, 0.717) is 5.69 Å². The van der Waals surface area contributed by atoms with E-state index in [1.54, 1.807) is 0 Å². The lowest BCUT2D eigenvalue weighted by Gasteiger charge is -2.09. The summed E-state index contributed by atoms with van der Waals surface area (Å²) in [7, 11) is 0. The molecule has 1 heterocycles. The van der Waals surface area contributed by atoms with Crippen molar-refractivity contribution in [3.63, 3.8) is 0 Å². The van der Waals surface area contributed by atoms with Gasteiger partial charge in [-0.25, -0.2) is 0 Å². The number of hydrogen-bond donors (Lipinski definition) is 2. The SMILES string of the molecule is CCCCc1ccc(-n2c(=S)[nH]cc(CC(=O)O)c2=O)cc1. The Balaban J connectivity index is 2.41. The number of carbonyl (C=O) groups is 1. The monoisotopic (exact) mass is 318 g/mol. The highest BCUT2D eigenvalue weighted by molar-refractivity contribution is 7.71. The summed E-state index contributed by atoms with van der Waals surface area (Å²) in [6.07, 6.45) is 4.28. The number of rotatable bonds is 6. The van der Waals surface area contributed by atoms with Gasteiger partial charge in [-0.05, 0) is 42.8 Å². The maximum Gasteiger partial charge on any atom is 0.308 e. The van der Waals surface area contributed by atoms with Crippen molar-refractivity contribution >= 4 is 18.2 Å². The van der Waals surface area contributed by atoms with Gasteiger partial charge >= 0.3 is 5.97 Å². The van der Waals surface area contributed by atoms with Gasteiger partial charge in [0.1, 0.15) is 0 Å². The molecule has 0 unspecified atom stereocenters. The molecule has 0 bridgehead atoms. The molecule has 0 saturated carbocycles. The average molecular weight is 318 g/mol. The summed E-state index contributed by atoms with van der Waals surface area (Å²) in [6, 6.07) is 7.60. The lowest BCUT2D eigenvalue weighted by molar-refractivity contribution is -0.136. The topological polar surface area (TPSA) is 75.1 Å². The van der Waals surface area contributed by atoms with Gasteiger partial charge < -0.3 is 10.1 Å². The lowest BCUT2D eigenvalue weighted by Crippen LogP contribution is -2.25. The molecule has 5 nitrogen and oxygen atoms in total. The fraction of sp³-hybridized carbons (Fsp3) is 0.312.